The molecule has 1 N–H and O–H groups in total. The van der Waals surface area contributed by atoms with Gasteiger partial charge in [-0.05, 0) is 64.3 Å². The van der Waals surface area contributed by atoms with Crippen LogP contribution in [0.2, 0.25) is 10.0 Å². The van der Waals surface area contributed by atoms with E-state index >= 15 is 0 Å². The first-order valence-electron chi connectivity index (χ1n) is 8.19. The predicted octanol–water partition coefficient (Wildman–Crippen LogP) is 6.23. The summed E-state index contributed by atoms with van der Waals surface area (Å²) in [5, 5.41) is 4.47. The molecule has 0 aliphatic rings. The third kappa shape index (κ3) is 6.07. The third-order valence-corrected chi connectivity index (χ3v) is 5.02. The number of unbranched alkanes of at least 4 members (excludes halogenated alkanes) is 1. The van der Waals surface area contributed by atoms with Gasteiger partial charge >= 0.3 is 0 Å². The molecule has 0 amide bonds. The summed E-state index contributed by atoms with van der Waals surface area (Å²) >= 11 is 15.6. The first-order chi connectivity index (χ1) is 12.0. The maximum absolute atomic E-state index is 6.05. The summed E-state index contributed by atoms with van der Waals surface area (Å²) in [4.78, 5) is 0. The van der Waals surface area contributed by atoms with Crippen LogP contribution in [-0.4, -0.2) is 13.7 Å². The van der Waals surface area contributed by atoms with E-state index in [0.717, 1.165) is 28.7 Å². The minimum absolute atomic E-state index is 0.375. The van der Waals surface area contributed by atoms with Crippen LogP contribution in [0.5, 0.6) is 11.5 Å². The second-order valence-electron chi connectivity index (χ2n) is 5.68. The zero-order chi connectivity index (χ0) is 18.2. The number of hydrogen-bond acceptors (Lipinski definition) is 3. The van der Waals surface area contributed by atoms with Crippen molar-refractivity contribution in [2.24, 2.45) is 0 Å². The fourth-order valence-electron chi connectivity index (χ4n) is 2.33. The molecular formula is C19H22BrCl2NO2. The van der Waals surface area contributed by atoms with E-state index in [9.17, 15) is 0 Å². The summed E-state index contributed by atoms with van der Waals surface area (Å²) in [6.45, 7) is 4.36. The van der Waals surface area contributed by atoms with Crippen LogP contribution in [0.4, 0.5) is 0 Å². The molecule has 2 rings (SSSR count). The molecule has 25 heavy (non-hydrogen) atoms. The van der Waals surface area contributed by atoms with Gasteiger partial charge in [0.15, 0.2) is 11.5 Å². The summed E-state index contributed by atoms with van der Waals surface area (Å²) in [7, 11) is 1.64. The van der Waals surface area contributed by atoms with Crippen LogP contribution >= 0.6 is 39.1 Å². The molecule has 0 aliphatic carbocycles. The van der Waals surface area contributed by atoms with E-state index in [4.69, 9.17) is 32.7 Å². The fourth-order valence-corrected chi connectivity index (χ4v) is 3.26. The van der Waals surface area contributed by atoms with Crippen molar-refractivity contribution in [1.29, 1.82) is 0 Å². The second kappa shape index (κ2) is 10.3. The van der Waals surface area contributed by atoms with Gasteiger partial charge in [-0.3, -0.25) is 0 Å². The molecule has 0 aromatic heterocycles. The lowest BCUT2D eigenvalue weighted by Crippen LogP contribution is -2.14. The quantitative estimate of drug-likeness (QED) is 0.463. The topological polar surface area (TPSA) is 30.5 Å². The van der Waals surface area contributed by atoms with Gasteiger partial charge in [-0.15, -0.1) is 0 Å². The van der Waals surface area contributed by atoms with Crippen LogP contribution in [0, 0.1) is 0 Å². The summed E-state index contributed by atoms with van der Waals surface area (Å²) in [5.41, 5.74) is 2.08. The van der Waals surface area contributed by atoms with Gasteiger partial charge in [0.25, 0.3) is 0 Å². The summed E-state index contributed by atoms with van der Waals surface area (Å²) in [6, 6.07) is 9.50. The van der Waals surface area contributed by atoms with Gasteiger partial charge in [0, 0.05) is 6.54 Å². The number of benzene rings is 2. The Morgan fingerprint density at radius 1 is 1.08 bits per heavy atom. The lowest BCUT2D eigenvalue weighted by Gasteiger charge is -2.15. The van der Waals surface area contributed by atoms with Gasteiger partial charge in [0.2, 0.25) is 0 Å². The Morgan fingerprint density at radius 2 is 1.88 bits per heavy atom. The average molecular weight is 447 g/mol. The Bertz CT molecular complexity index is 710. The largest absolute Gasteiger partial charge is 0.493 e. The molecule has 3 nitrogen and oxygen atoms in total. The standard InChI is InChI=1S/C19H22BrCl2NO2/c1-3-4-7-23-11-14-8-15(20)19(18(10-14)24-2)25-12-13-5-6-16(21)17(22)9-13/h5-6,8-10,23H,3-4,7,11-12H2,1-2H3. The highest BCUT2D eigenvalue weighted by molar-refractivity contribution is 9.10. The number of ether oxygens (including phenoxy) is 2. The molecule has 0 fully saturated rings. The van der Waals surface area contributed by atoms with Crippen molar-refractivity contribution in [2.75, 3.05) is 13.7 Å². The second-order valence-corrected chi connectivity index (χ2v) is 7.35. The number of rotatable bonds is 9. The number of nitrogens with one attached hydrogen (secondary N) is 1. The maximum Gasteiger partial charge on any atom is 0.175 e. The van der Waals surface area contributed by atoms with Gasteiger partial charge < -0.3 is 14.8 Å². The Balaban J connectivity index is 2.07. The molecule has 0 spiro atoms. The highest BCUT2D eigenvalue weighted by Gasteiger charge is 2.12. The van der Waals surface area contributed by atoms with Gasteiger partial charge in [0.1, 0.15) is 6.61 Å². The third-order valence-electron chi connectivity index (χ3n) is 3.69. The lowest BCUT2D eigenvalue weighted by molar-refractivity contribution is 0.282. The minimum atomic E-state index is 0.375. The van der Waals surface area contributed by atoms with Crippen LogP contribution in [0.1, 0.15) is 30.9 Å². The van der Waals surface area contributed by atoms with E-state index in [1.165, 1.54) is 12.8 Å². The number of hydrogen-bond donors (Lipinski definition) is 1. The monoisotopic (exact) mass is 445 g/mol. The van der Waals surface area contributed by atoms with Crippen LogP contribution in [0.15, 0.2) is 34.8 Å². The van der Waals surface area contributed by atoms with Crippen molar-refractivity contribution in [2.45, 2.75) is 32.9 Å². The van der Waals surface area contributed by atoms with Crippen molar-refractivity contribution in [3.8, 4) is 11.5 Å². The smallest absolute Gasteiger partial charge is 0.175 e. The van der Waals surface area contributed by atoms with Crippen LogP contribution in [-0.2, 0) is 13.2 Å². The Morgan fingerprint density at radius 3 is 2.56 bits per heavy atom. The zero-order valence-corrected chi connectivity index (χ0v) is 17.5. The van der Waals surface area contributed by atoms with Gasteiger partial charge in [-0.2, -0.15) is 0 Å². The van der Waals surface area contributed by atoms with Crippen molar-refractivity contribution < 1.29 is 9.47 Å². The average Bonchev–Trinajstić information content (AvgIpc) is 2.60. The first kappa shape index (κ1) is 20.4. The number of methoxy groups -OCH3 is 1. The van der Waals surface area contributed by atoms with Crippen LogP contribution < -0.4 is 14.8 Å². The van der Waals surface area contributed by atoms with E-state index < -0.39 is 0 Å². The molecule has 0 radical (unpaired) electrons. The highest BCUT2D eigenvalue weighted by atomic mass is 79.9. The summed E-state index contributed by atoms with van der Waals surface area (Å²) in [6.07, 6.45) is 2.35. The SMILES string of the molecule is CCCCNCc1cc(Br)c(OCc2ccc(Cl)c(Cl)c2)c(OC)c1. The highest BCUT2D eigenvalue weighted by Crippen LogP contribution is 2.37. The zero-order valence-electron chi connectivity index (χ0n) is 14.4. The van der Waals surface area contributed by atoms with E-state index in [-0.39, 0.29) is 0 Å². The molecule has 0 bridgehead atoms. The molecule has 0 saturated heterocycles. The Hall–Kier alpha value is -0.940. The van der Waals surface area contributed by atoms with Crippen molar-refractivity contribution >= 4 is 39.1 Å². The van der Waals surface area contributed by atoms with Crippen molar-refractivity contribution in [3.05, 3.63) is 56.0 Å². The molecule has 0 atom stereocenters. The number of halogens is 3. The molecular weight excluding hydrogens is 425 g/mol. The van der Waals surface area contributed by atoms with Crippen molar-refractivity contribution in [3.63, 3.8) is 0 Å². The molecule has 2 aromatic rings. The van der Waals surface area contributed by atoms with E-state index in [0.29, 0.717) is 28.2 Å². The van der Waals surface area contributed by atoms with Gasteiger partial charge in [0.05, 0.1) is 21.6 Å². The fraction of sp³-hybridized carbons (Fsp3) is 0.368. The van der Waals surface area contributed by atoms with Crippen LogP contribution in [0.3, 0.4) is 0 Å². The molecule has 0 unspecified atom stereocenters. The summed E-state index contributed by atoms with van der Waals surface area (Å²) < 4.78 is 12.3. The van der Waals surface area contributed by atoms with Crippen molar-refractivity contribution in [1.82, 2.24) is 5.32 Å². The van der Waals surface area contributed by atoms with E-state index in [2.05, 4.69) is 28.2 Å². The molecule has 6 heteroatoms. The predicted molar refractivity (Wildman–Crippen MR) is 108 cm³/mol. The Kier molecular flexibility index (Phi) is 8.37. The minimum Gasteiger partial charge on any atom is -0.493 e. The molecule has 0 saturated carbocycles. The molecule has 0 aliphatic heterocycles. The van der Waals surface area contributed by atoms with Gasteiger partial charge in [-0.25, -0.2) is 0 Å². The van der Waals surface area contributed by atoms with Crippen LogP contribution in [0.25, 0.3) is 0 Å². The van der Waals surface area contributed by atoms with E-state index in [1.54, 1.807) is 19.2 Å². The normalized spacial score (nSPS) is 10.8. The lowest BCUT2D eigenvalue weighted by atomic mass is 10.2. The maximum atomic E-state index is 6.05. The van der Waals surface area contributed by atoms with E-state index in [1.807, 2.05) is 18.2 Å². The summed E-state index contributed by atoms with van der Waals surface area (Å²) in [5.74, 6) is 1.37. The molecule has 0 heterocycles. The van der Waals surface area contributed by atoms with Gasteiger partial charge in [-0.1, -0.05) is 42.6 Å². The molecule has 2 aromatic carbocycles. The molecule has 136 valence electrons. The Labute approximate surface area is 167 Å². The first-order valence-corrected chi connectivity index (χ1v) is 9.74.